The first kappa shape index (κ1) is 17.8. The van der Waals surface area contributed by atoms with Crippen molar-refractivity contribution in [3.8, 4) is 11.5 Å². The molecule has 0 aromatic heterocycles. The molecule has 1 saturated carbocycles. The molecule has 1 aromatic carbocycles. The van der Waals surface area contributed by atoms with Gasteiger partial charge in [-0.2, -0.15) is 0 Å². The lowest BCUT2D eigenvalue weighted by Gasteiger charge is -2.19. The van der Waals surface area contributed by atoms with Crippen molar-refractivity contribution in [2.75, 3.05) is 13.7 Å². The van der Waals surface area contributed by atoms with Crippen LogP contribution in [0.4, 0.5) is 0 Å². The Balaban J connectivity index is 2.07. The molecule has 0 radical (unpaired) electrons. The Bertz CT molecular complexity index is 581. The summed E-state index contributed by atoms with van der Waals surface area (Å²) in [5, 5.41) is 0. The van der Waals surface area contributed by atoms with Gasteiger partial charge in [0.25, 0.3) is 0 Å². The zero-order valence-electron chi connectivity index (χ0n) is 13.1. The van der Waals surface area contributed by atoms with Crippen LogP contribution < -0.4 is 9.47 Å². The Morgan fingerprint density at radius 1 is 1.30 bits per heavy atom. The Morgan fingerprint density at radius 3 is 2.57 bits per heavy atom. The minimum atomic E-state index is -4.55. The fourth-order valence-electron chi connectivity index (χ4n) is 2.64. The Hall–Kier alpha value is -1.56. The van der Waals surface area contributed by atoms with Gasteiger partial charge in [0.15, 0.2) is 11.5 Å². The van der Waals surface area contributed by atoms with E-state index in [0.29, 0.717) is 22.6 Å². The van der Waals surface area contributed by atoms with Crippen molar-refractivity contribution in [1.29, 1.82) is 0 Å². The molecule has 7 nitrogen and oxygen atoms in total. The highest BCUT2D eigenvalue weighted by atomic mass is 31.2. The number of hydrogen-bond donors (Lipinski definition) is 2. The van der Waals surface area contributed by atoms with Crippen LogP contribution in [0.25, 0.3) is 0 Å². The van der Waals surface area contributed by atoms with Gasteiger partial charge in [0.2, 0.25) is 6.41 Å². The van der Waals surface area contributed by atoms with Gasteiger partial charge in [-0.1, -0.05) is 6.07 Å². The van der Waals surface area contributed by atoms with Crippen LogP contribution in [0.15, 0.2) is 18.2 Å². The number of carbonyl (C=O) groups excluding carboxylic acids is 1. The number of nitrogens with zero attached hydrogens (tertiary/aromatic N) is 1. The molecule has 0 heterocycles. The van der Waals surface area contributed by atoms with Crippen molar-refractivity contribution in [3.05, 3.63) is 23.8 Å². The fraction of sp³-hybridized carbons (Fsp3) is 0.533. The third kappa shape index (κ3) is 4.96. The number of hydrogen-bond acceptors (Lipinski definition) is 4. The van der Waals surface area contributed by atoms with Gasteiger partial charge in [0.1, 0.15) is 0 Å². The summed E-state index contributed by atoms with van der Waals surface area (Å²) < 4.78 is 22.9. The van der Waals surface area contributed by atoms with Crippen LogP contribution in [-0.4, -0.2) is 40.6 Å². The van der Waals surface area contributed by atoms with Gasteiger partial charge in [0, 0.05) is 6.54 Å². The maximum absolute atomic E-state index is 11.1. The Kier molecular flexibility index (Phi) is 6.04. The van der Waals surface area contributed by atoms with Crippen LogP contribution in [0.2, 0.25) is 0 Å². The third-order valence-electron chi connectivity index (χ3n) is 3.91. The SMILES string of the molecule is COc1ccc(CCN(C=O)P(=O)(O)O)cc1OC1CCCC1. The van der Waals surface area contributed by atoms with E-state index in [0.717, 1.165) is 31.2 Å². The lowest BCUT2D eigenvalue weighted by atomic mass is 10.1. The molecular weight excluding hydrogens is 321 g/mol. The topological polar surface area (TPSA) is 96.3 Å². The number of amides is 1. The molecule has 1 fully saturated rings. The number of carbonyl (C=O) groups is 1. The molecule has 1 aromatic rings. The van der Waals surface area contributed by atoms with Crippen LogP contribution in [0, 0.1) is 0 Å². The molecule has 128 valence electrons. The molecule has 0 spiro atoms. The highest BCUT2D eigenvalue weighted by molar-refractivity contribution is 7.49. The fourth-order valence-corrected chi connectivity index (χ4v) is 3.13. The van der Waals surface area contributed by atoms with Gasteiger partial charge in [0.05, 0.1) is 13.2 Å². The van der Waals surface area contributed by atoms with Crippen LogP contribution in [0.3, 0.4) is 0 Å². The molecule has 1 aliphatic carbocycles. The van der Waals surface area contributed by atoms with Crippen molar-refractivity contribution in [3.63, 3.8) is 0 Å². The summed E-state index contributed by atoms with van der Waals surface area (Å²) in [6.45, 7) is -0.0665. The van der Waals surface area contributed by atoms with E-state index in [1.165, 1.54) is 0 Å². The molecule has 0 aliphatic heterocycles. The minimum Gasteiger partial charge on any atom is -0.493 e. The molecule has 0 bridgehead atoms. The summed E-state index contributed by atoms with van der Waals surface area (Å²) in [6, 6.07) is 5.37. The molecule has 23 heavy (non-hydrogen) atoms. The van der Waals surface area contributed by atoms with E-state index in [2.05, 4.69) is 0 Å². The first-order chi connectivity index (χ1) is 10.9. The Labute approximate surface area is 135 Å². The van der Waals surface area contributed by atoms with E-state index in [1.807, 2.05) is 0 Å². The second kappa shape index (κ2) is 7.81. The van der Waals surface area contributed by atoms with E-state index >= 15 is 0 Å². The molecular formula is C15H22NO6P. The lowest BCUT2D eigenvalue weighted by Crippen LogP contribution is -2.21. The van der Waals surface area contributed by atoms with E-state index in [4.69, 9.17) is 19.3 Å². The lowest BCUT2D eigenvalue weighted by molar-refractivity contribution is -0.114. The van der Waals surface area contributed by atoms with Crippen molar-refractivity contribution in [2.45, 2.75) is 38.2 Å². The normalized spacial score (nSPS) is 15.4. The minimum absolute atomic E-state index is 0.0665. The molecule has 1 aliphatic rings. The summed E-state index contributed by atoms with van der Waals surface area (Å²) in [7, 11) is -2.99. The molecule has 2 N–H and O–H groups in total. The summed E-state index contributed by atoms with van der Waals surface area (Å²) in [5.74, 6) is 1.26. The summed E-state index contributed by atoms with van der Waals surface area (Å²) in [5.41, 5.74) is 0.819. The summed E-state index contributed by atoms with van der Waals surface area (Å²) in [4.78, 5) is 28.8. The highest BCUT2D eigenvalue weighted by Gasteiger charge is 2.23. The third-order valence-corrected chi connectivity index (χ3v) is 4.87. The zero-order valence-corrected chi connectivity index (χ0v) is 13.9. The average molecular weight is 343 g/mol. The van der Waals surface area contributed by atoms with Crippen LogP contribution in [0.5, 0.6) is 11.5 Å². The molecule has 0 saturated heterocycles. The second-order valence-corrected chi connectivity index (χ2v) is 7.08. The van der Waals surface area contributed by atoms with Crippen LogP contribution >= 0.6 is 7.75 Å². The number of rotatable bonds is 8. The van der Waals surface area contributed by atoms with Crippen molar-refractivity contribution in [1.82, 2.24) is 4.67 Å². The quantitative estimate of drug-likeness (QED) is 0.554. The van der Waals surface area contributed by atoms with Crippen molar-refractivity contribution >= 4 is 14.2 Å². The number of ether oxygens (including phenoxy) is 2. The van der Waals surface area contributed by atoms with E-state index in [1.54, 1.807) is 25.3 Å². The summed E-state index contributed by atoms with van der Waals surface area (Å²) in [6.07, 6.45) is 5.01. The van der Waals surface area contributed by atoms with E-state index in [-0.39, 0.29) is 19.1 Å². The second-order valence-electron chi connectivity index (χ2n) is 5.54. The zero-order chi connectivity index (χ0) is 16.9. The molecule has 1 amide bonds. The molecule has 0 unspecified atom stereocenters. The number of methoxy groups -OCH3 is 1. The van der Waals surface area contributed by atoms with Gasteiger partial charge in [-0.3, -0.25) is 9.46 Å². The monoisotopic (exact) mass is 343 g/mol. The van der Waals surface area contributed by atoms with Crippen LogP contribution in [0.1, 0.15) is 31.2 Å². The van der Waals surface area contributed by atoms with Gasteiger partial charge < -0.3 is 19.3 Å². The van der Waals surface area contributed by atoms with E-state index < -0.39 is 7.75 Å². The van der Waals surface area contributed by atoms with Crippen molar-refractivity contribution in [2.24, 2.45) is 0 Å². The predicted octanol–water partition coefficient (Wildman–Crippen LogP) is 2.11. The Morgan fingerprint density at radius 2 is 2.00 bits per heavy atom. The maximum Gasteiger partial charge on any atom is 0.432 e. The first-order valence-corrected chi connectivity index (χ1v) is 9.12. The summed E-state index contributed by atoms with van der Waals surface area (Å²) >= 11 is 0. The molecule has 0 atom stereocenters. The van der Waals surface area contributed by atoms with Gasteiger partial charge in [-0.05, 0) is 49.8 Å². The van der Waals surface area contributed by atoms with Crippen molar-refractivity contribution < 1.29 is 28.6 Å². The van der Waals surface area contributed by atoms with Gasteiger partial charge in [-0.15, -0.1) is 0 Å². The van der Waals surface area contributed by atoms with Gasteiger partial charge in [-0.25, -0.2) is 4.57 Å². The standard InChI is InChI=1S/C15H22NO6P/c1-21-14-7-6-12(8-9-16(11-17)23(18,19)20)10-15(14)22-13-4-2-3-5-13/h6-7,10-11,13H,2-5,8-9H2,1H3,(H2,18,19,20). The largest absolute Gasteiger partial charge is 0.493 e. The first-order valence-electron chi connectivity index (χ1n) is 7.55. The maximum atomic E-state index is 11.1. The highest BCUT2D eigenvalue weighted by Crippen LogP contribution is 2.38. The molecule has 8 heteroatoms. The average Bonchev–Trinajstić information content (AvgIpc) is 3.00. The number of benzene rings is 1. The van der Waals surface area contributed by atoms with Gasteiger partial charge >= 0.3 is 7.75 Å². The van der Waals surface area contributed by atoms with E-state index in [9.17, 15) is 9.36 Å². The smallest absolute Gasteiger partial charge is 0.432 e. The molecule has 2 rings (SSSR count). The predicted molar refractivity (Wildman–Crippen MR) is 84.4 cm³/mol. The van der Waals surface area contributed by atoms with Crippen LogP contribution in [-0.2, 0) is 15.8 Å².